The zero-order valence-corrected chi connectivity index (χ0v) is 23.9. The molecule has 7 heteroatoms. The van der Waals surface area contributed by atoms with E-state index in [1.165, 1.54) is 48.0 Å². The molecule has 4 aromatic rings. The van der Waals surface area contributed by atoms with E-state index in [9.17, 15) is 13.2 Å². The highest BCUT2D eigenvalue weighted by molar-refractivity contribution is 6.31. The van der Waals surface area contributed by atoms with E-state index in [0.29, 0.717) is 12.0 Å². The van der Waals surface area contributed by atoms with Crippen LogP contribution in [0.25, 0.3) is 22.0 Å². The van der Waals surface area contributed by atoms with E-state index in [0.717, 1.165) is 73.3 Å². The van der Waals surface area contributed by atoms with Gasteiger partial charge < -0.3 is 9.30 Å². The maximum absolute atomic E-state index is 12.7. The van der Waals surface area contributed by atoms with Crippen molar-refractivity contribution in [2.24, 2.45) is 5.92 Å². The Labute approximate surface area is 244 Å². The Bertz CT molecular complexity index is 1470. The number of ether oxygens (including phenoxy) is 1. The van der Waals surface area contributed by atoms with Crippen LogP contribution in [0, 0.1) is 5.92 Å². The van der Waals surface area contributed by atoms with Gasteiger partial charge in [0.25, 0.3) is 0 Å². The summed E-state index contributed by atoms with van der Waals surface area (Å²) in [7, 11) is 0. The summed E-state index contributed by atoms with van der Waals surface area (Å²) in [5.74, 6) is 0.449. The number of benzene rings is 3. The molecule has 6 rings (SSSR count). The Kier molecular flexibility index (Phi) is 8.32. The van der Waals surface area contributed by atoms with Crippen LogP contribution in [0.5, 0.6) is 5.75 Å². The molecule has 0 spiro atoms. The molecular weight excluding hydrogens is 545 g/mol. The highest BCUT2D eigenvalue weighted by atomic mass is 35.5. The van der Waals surface area contributed by atoms with Crippen LogP contribution in [-0.4, -0.2) is 28.9 Å². The summed E-state index contributed by atoms with van der Waals surface area (Å²) in [4.78, 5) is 2.53. The molecule has 0 atom stereocenters. The second-order valence-electron chi connectivity index (χ2n) is 11.7. The van der Waals surface area contributed by atoms with E-state index in [-0.39, 0.29) is 5.75 Å². The van der Waals surface area contributed by atoms with Crippen molar-refractivity contribution < 1.29 is 17.9 Å². The average Bonchev–Trinajstić information content (AvgIpc) is 3.34. The van der Waals surface area contributed by atoms with Crippen molar-refractivity contribution >= 4 is 22.5 Å². The summed E-state index contributed by atoms with van der Waals surface area (Å²) in [6.07, 6.45) is 6.92. The first kappa shape index (κ1) is 28.2. The minimum Gasteiger partial charge on any atom is -0.406 e. The maximum atomic E-state index is 12.7. The number of halogens is 4. The number of hydrogen-bond acceptors (Lipinski definition) is 2. The predicted octanol–water partition coefficient (Wildman–Crippen LogP) is 9.82. The first-order valence-electron chi connectivity index (χ1n) is 14.8. The lowest BCUT2D eigenvalue weighted by atomic mass is 9.90. The highest BCUT2D eigenvalue weighted by Crippen LogP contribution is 2.38. The Morgan fingerprint density at radius 3 is 2.29 bits per heavy atom. The number of aromatic nitrogens is 1. The summed E-state index contributed by atoms with van der Waals surface area (Å²) in [6, 6.07) is 21.7. The monoisotopic (exact) mass is 580 g/mol. The molecule has 216 valence electrons. The molecule has 1 saturated carbocycles. The van der Waals surface area contributed by atoms with E-state index < -0.39 is 6.36 Å². The molecule has 3 aromatic carbocycles. The highest BCUT2D eigenvalue weighted by Gasteiger charge is 2.31. The topological polar surface area (TPSA) is 17.4 Å². The Hall–Kier alpha value is -2.96. The van der Waals surface area contributed by atoms with Crippen LogP contribution in [0.4, 0.5) is 13.2 Å². The van der Waals surface area contributed by atoms with Crippen LogP contribution in [0.2, 0.25) is 5.02 Å². The third kappa shape index (κ3) is 6.76. The molecule has 0 unspecified atom stereocenters. The van der Waals surface area contributed by atoms with Crippen LogP contribution in [0.1, 0.15) is 62.1 Å². The van der Waals surface area contributed by atoms with Crippen LogP contribution < -0.4 is 4.74 Å². The number of nitrogens with zero attached hydrogens (tertiary/aromatic N) is 2. The second-order valence-corrected chi connectivity index (χ2v) is 12.1. The molecule has 0 bridgehead atoms. The largest absolute Gasteiger partial charge is 0.573 e. The van der Waals surface area contributed by atoms with Crippen molar-refractivity contribution in [3.8, 4) is 16.9 Å². The molecule has 2 aliphatic rings. The van der Waals surface area contributed by atoms with Gasteiger partial charge in [-0.25, -0.2) is 0 Å². The molecule has 1 saturated heterocycles. The number of rotatable bonds is 7. The summed E-state index contributed by atoms with van der Waals surface area (Å²) >= 11 is 6.41. The van der Waals surface area contributed by atoms with Crippen LogP contribution in [-0.2, 0) is 13.0 Å². The molecule has 41 heavy (non-hydrogen) atoms. The zero-order chi connectivity index (χ0) is 28.4. The molecule has 0 N–H and O–H groups in total. The first-order chi connectivity index (χ1) is 19.8. The molecule has 0 radical (unpaired) electrons. The van der Waals surface area contributed by atoms with Crippen molar-refractivity contribution in [1.29, 1.82) is 0 Å². The van der Waals surface area contributed by atoms with Crippen LogP contribution >= 0.6 is 11.6 Å². The van der Waals surface area contributed by atoms with E-state index in [1.807, 2.05) is 12.1 Å². The van der Waals surface area contributed by atoms with Crippen molar-refractivity contribution in [2.45, 2.75) is 70.3 Å². The van der Waals surface area contributed by atoms with Gasteiger partial charge in [0.1, 0.15) is 5.75 Å². The Morgan fingerprint density at radius 2 is 1.59 bits per heavy atom. The number of likely N-dealkylation sites (tertiary alicyclic amines) is 1. The standard InChI is InChI=1S/C34H36ClF3N2O/c35-32-9-5-4-6-27(32)20-24-16-18-39(19-17-24)22-25-10-15-33-30(21-25)31(23-40(33)28-7-2-1-3-8-28)26-11-13-29(14-12-26)41-34(36,37)38/h4-6,9-15,21,23-24,28H,1-3,7-8,16-20,22H2. The van der Waals surface area contributed by atoms with Gasteiger partial charge in [0.15, 0.2) is 0 Å². The van der Waals surface area contributed by atoms with Gasteiger partial charge in [0, 0.05) is 40.3 Å². The minimum atomic E-state index is -4.70. The molecule has 0 amide bonds. The molecule has 1 aliphatic carbocycles. The van der Waals surface area contributed by atoms with Gasteiger partial charge in [0.05, 0.1) is 0 Å². The zero-order valence-electron chi connectivity index (χ0n) is 23.2. The lowest BCUT2D eigenvalue weighted by Gasteiger charge is -2.32. The molecule has 1 aliphatic heterocycles. The van der Waals surface area contributed by atoms with E-state index in [2.05, 4.69) is 50.7 Å². The third-order valence-electron chi connectivity index (χ3n) is 8.84. The fourth-order valence-electron chi connectivity index (χ4n) is 6.71. The van der Waals surface area contributed by atoms with Gasteiger partial charge in [-0.3, -0.25) is 4.90 Å². The maximum Gasteiger partial charge on any atom is 0.573 e. The molecule has 2 heterocycles. The van der Waals surface area contributed by atoms with Gasteiger partial charge in [0.2, 0.25) is 0 Å². The fraction of sp³-hybridized carbons (Fsp3) is 0.412. The molecule has 2 fully saturated rings. The third-order valence-corrected chi connectivity index (χ3v) is 9.21. The first-order valence-corrected chi connectivity index (χ1v) is 15.2. The van der Waals surface area contributed by atoms with Crippen molar-refractivity contribution in [3.63, 3.8) is 0 Å². The smallest absolute Gasteiger partial charge is 0.406 e. The number of alkyl halides is 3. The number of fused-ring (bicyclic) bond motifs is 1. The van der Waals surface area contributed by atoms with Gasteiger partial charge in [-0.15, -0.1) is 13.2 Å². The van der Waals surface area contributed by atoms with Gasteiger partial charge in [-0.05, 0) is 98.1 Å². The van der Waals surface area contributed by atoms with Crippen molar-refractivity contribution in [3.05, 3.63) is 89.1 Å². The van der Waals surface area contributed by atoms with Gasteiger partial charge in [-0.2, -0.15) is 0 Å². The fourth-order valence-corrected chi connectivity index (χ4v) is 6.92. The van der Waals surface area contributed by atoms with Crippen molar-refractivity contribution in [2.75, 3.05) is 13.1 Å². The van der Waals surface area contributed by atoms with Gasteiger partial charge >= 0.3 is 6.36 Å². The summed E-state index contributed by atoms with van der Waals surface area (Å²) in [6.45, 7) is 3.01. The van der Waals surface area contributed by atoms with E-state index in [4.69, 9.17) is 11.6 Å². The van der Waals surface area contributed by atoms with Crippen LogP contribution in [0.15, 0.2) is 72.9 Å². The summed E-state index contributed by atoms with van der Waals surface area (Å²) in [5, 5.41) is 2.02. The minimum absolute atomic E-state index is 0.198. The molecular formula is C34H36ClF3N2O. The summed E-state index contributed by atoms with van der Waals surface area (Å²) in [5.41, 5.74) is 5.67. The second kappa shape index (κ2) is 12.1. The normalized spacial score (nSPS) is 17.8. The van der Waals surface area contributed by atoms with Gasteiger partial charge in [-0.1, -0.05) is 67.3 Å². The Morgan fingerprint density at radius 1 is 0.854 bits per heavy atom. The van der Waals surface area contributed by atoms with Crippen LogP contribution in [0.3, 0.4) is 0 Å². The molecule has 3 nitrogen and oxygen atoms in total. The SMILES string of the molecule is FC(F)(F)Oc1ccc(-c2cn(C3CCCCC3)c3ccc(CN4CCC(Cc5ccccc5Cl)CC4)cc23)cc1. The van der Waals surface area contributed by atoms with E-state index in [1.54, 1.807) is 12.1 Å². The quantitative estimate of drug-likeness (QED) is 0.216. The lowest BCUT2D eigenvalue weighted by molar-refractivity contribution is -0.274. The van der Waals surface area contributed by atoms with E-state index >= 15 is 0 Å². The lowest BCUT2D eigenvalue weighted by Crippen LogP contribution is -2.33. The average molecular weight is 581 g/mol. The number of piperidine rings is 1. The predicted molar refractivity (Wildman–Crippen MR) is 159 cm³/mol. The number of hydrogen-bond donors (Lipinski definition) is 0. The Balaban J connectivity index is 1.22. The summed E-state index contributed by atoms with van der Waals surface area (Å²) < 4.78 is 44.7. The molecule has 1 aromatic heterocycles. The van der Waals surface area contributed by atoms with Crippen molar-refractivity contribution in [1.82, 2.24) is 9.47 Å².